The van der Waals surface area contributed by atoms with E-state index in [1.54, 1.807) is 13.2 Å². The largest absolute Gasteiger partial charge is 0.383 e. The summed E-state index contributed by atoms with van der Waals surface area (Å²) in [5, 5.41) is 7.38. The van der Waals surface area contributed by atoms with Gasteiger partial charge in [-0.25, -0.2) is 4.68 Å². The summed E-state index contributed by atoms with van der Waals surface area (Å²) in [6.07, 6.45) is 8.70. The van der Waals surface area contributed by atoms with Gasteiger partial charge >= 0.3 is 0 Å². The number of fused-ring (bicyclic) bond motifs is 2. The molecule has 19 heavy (non-hydrogen) atoms. The molecule has 0 amide bonds. The van der Waals surface area contributed by atoms with Crippen LogP contribution in [0.2, 0.25) is 0 Å². The number of hydrogen-bond acceptors (Lipinski definition) is 3. The molecule has 1 aromatic rings. The van der Waals surface area contributed by atoms with Crippen molar-refractivity contribution in [3.05, 3.63) is 21.0 Å². The van der Waals surface area contributed by atoms with E-state index >= 15 is 0 Å². The van der Waals surface area contributed by atoms with Crippen LogP contribution in [0.15, 0.2) is 15.5 Å². The van der Waals surface area contributed by atoms with E-state index in [9.17, 15) is 4.79 Å². The first kappa shape index (κ1) is 13.2. The zero-order valence-electron chi connectivity index (χ0n) is 11.2. The topological polar surface area (TPSA) is 46.9 Å². The normalized spacial score (nSPS) is 28.8. The number of aryl methyl sites for hydroxylation is 1. The molecule has 0 radical (unpaired) electrons. The van der Waals surface area contributed by atoms with Crippen LogP contribution in [-0.2, 0) is 7.05 Å². The lowest BCUT2D eigenvalue weighted by Gasteiger charge is -2.21. The minimum absolute atomic E-state index is 0.0927. The van der Waals surface area contributed by atoms with Crippen molar-refractivity contribution in [1.82, 2.24) is 9.78 Å². The monoisotopic (exact) mass is 325 g/mol. The third-order valence-corrected chi connectivity index (χ3v) is 5.56. The van der Waals surface area contributed by atoms with Crippen molar-refractivity contribution >= 4 is 21.6 Å². The second-order valence-corrected chi connectivity index (χ2v) is 6.74. The molecule has 2 saturated carbocycles. The van der Waals surface area contributed by atoms with Gasteiger partial charge in [-0.2, -0.15) is 5.10 Å². The fraction of sp³-hybridized carbons (Fsp3) is 0.714. The van der Waals surface area contributed by atoms with Gasteiger partial charge in [0.2, 0.25) is 0 Å². The average molecular weight is 326 g/mol. The fourth-order valence-corrected chi connectivity index (χ4v) is 4.26. The molecule has 2 bridgehead atoms. The van der Waals surface area contributed by atoms with Gasteiger partial charge < -0.3 is 5.32 Å². The average Bonchev–Trinajstić information content (AvgIpc) is 3.01. The first-order valence-electron chi connectivity index (χ1n) is 7.11. The molecular weight excluding hydrogens is 306 g/mol. The van der Waals surface area contributed by atoms with Crippen LogP contribution in [0.3, 0.4) is 0 Å². The maximum absolute atomic E-state index is 11.7. The van der Waals surface area contributed by atoms with Crippen molar-refractivity contribution in [2.24, 2.45) is 24.8 Å². The predicted octanol–water partition coefficient (Wildman–Crippen LogP) is 2.78. The number of nitrogens with one attached hydrogen (secondary N) is 1. The molecule has 0 aromatic carbocycles. The number of rotatable bonds is 4. The summed E-state index contributed by atoms with van der Waals surface area (Å²) in [4.78, 5) is 11.7. The van der Waals surface area contributed by atoms with E-state index in [0.717, 1.165) is 30.0 Å². The summed E-state index contributed by atoms with van der Waals surface area (Å²) in [5.41, 5.74) is 0.719. The van der Waals surface area contributed by atoms with Crippen molar-refractivity contribution in [3.8, 4) is 0 Å². The molecule has 0 aliphatic heterocycles. The molecule has 1 N–H and O–H groups in total. The summed E-state index contributed by atoms with van der Waals surface area (Å²) < 4.78 is 1.92. The molecule has 2 fully saturated rings. The first-order valence-corrected chi connectivity index (χ1v) is 7.90. The molecule has 4 nitrogen and oxygen atoms in total. The molecule has 0 spiro atoms. The van der Waals surface area contributed by atoms with Gasteiger partial charge in [0.05, 0.1) is 11.9 Å². The molecule has 1 heterocycles. The minimum Gasteiger partial charge on any atom is -0.383 e. The van der Waals surface area contributed by atoms with Crippen LogP contribution in [0.5, 0.6) is 0 Å². The molecule has 2 aliphatic rings. The Balaban J connectivity index is 1.55. The van der Waals surface area contributed by atoms with Crippen molar-refractivity contribution in [3.63, 3.8) is 0 Å². The first-order chi connectivity index (χ1) is 9.15. The standard InChI is InChI=1S/C14H20BrN3O/c1-18-14(19)13(15)12(8-17-18)16-5-4-11-7-9-2-3-10(11)6-9/h8-11,16H,2-7H2,1H3. The summed E-state index contributed by atoms with van der Waals surface area (Å²) in [5.74, 6) is 2.87. The maximum Gasteiger partial charge on any atom is 0.282 e. The minimum atomic E-state index is -0.0927. The summed E-state index contributed by atoms with van der Waals surface area (Å²) in [6, 6.07) is 0. The highest BCUT2D eigenvalue weighted by Gasteiger charge is 2.38. The molecule has 1 aromatic heterocycles. The molecule has 3 rings (SSSR count). The second-order valence-electron chi connectivity index (χ2n) is 5.95. The lowest BCUT2D eigenvalue weighted by molar-refractivity contribution is 0.321. The van der Waals surface area contributed by atoms with E-state index in [0.29, 0.717) is 4.47 Å². The van der Waals surface area contributed by atoms with E-state index < -0.39 is 0 Å². The number of hydrogen-bond donors (Lipinski definition) is 1. The third kappa shape index (κ3) is 2.57. The van der Waals surface area contributed by atoms with Crippen molar-refractivity contribution in [2.45, 2.75) is 32.1 Å². The summed E-state index contributed by atoms with van der Waals surface area (Å²) >= 11 is 3.34. The Bertz CT molecular complexity index is 528. The van der Waals surface area contributed by atoms with Gasteiger partial charge in [0.15, 0.2) is 0 Å². The van der Waals surface area contributed by atoms with Crippen LogP contribution in [-0.4, -0.2) is 16.3 Å². The zero-order valence-corrected chi connectivity index (χ0v) is 12.8. The lowest BCUT2D eigenvalue weighted by Crippen LogP contribution is -2.22. The number of halogens is 1. The quantitative estimate of drug-likeness (QED) is 0.925. The van der Waals surface area contributed by atoms with Gasteiger partial charge in [0.25, 0.3) is 5.56 Å². The van der Waals surface area contributed by atoms with Crippen molar-refractivity contribution in [2.75, 3.05) is 11.9 Å². The van der Waals surface area contributed by atoms with Crippen LogP contribution in [0.1, 0.15) is 32.1 Å². The number of nitrogens with zero attached hydrogens (tertiary/aromatic N) is 2. The molecule has 3 unspecified atom stereocenters. The van der Waals surface area contributed by atoms with Crippen LogP contribution in [0, 0.1) is 17.8 Å². The van der Waals surface area contributed by atoms with Gasteiger partial charge in [-0.15, -0.1) is 0 Å². The summed E-state index contributed by atoms with van der Waals surface area (Å²) in [6.45, 7) is 0.932. The SMILES string of the molecule is Cn1ncc(NCCC2CC3CCC2C3)c(Br)c1=O. The predicted molar refractivity (Wildman–Crippen MR) is 79.2 cm³/mol. The Labute approximate surface area is 121 Å². The van der Waals surface area contributed by atoms with E-state index in [-0.39, 0.29) is 5.56 Å². The van der Waals surface area contributed by atoms with Crippen LogP contribution in [0.25, 0.3) is 0 Å². The van der Waals surface area contributed by atoms with Gasteiger partial charge in [0.1, 0.15) is 4.47 Å². The van der Waals surface area contributed by atoms with Crippen molar-refractivity contribution in [1.29, 1.82) is 0 Å². The summed E-state index contributed by atoms with van der Waals surface area (Å²) in [7, 11) is 1.66. The highest BCUT2D eigenvalue weighted by Crippen LogP contribution is 2.49. The molecule has 3 atom stereocenters. The van der Waals surface area contributed by atoms with E-state index in [4.69, 9.17) is 0 Å². The lowest BCUT2D eigenvalue weighted by atomic mass is 9.86. The Morgan fingerprint density at radius 2 is 2.32 bits per heavy atom. The van der Waals surface area contributed by atoms with Gasteiger partial charge in [-0.05, 0) is 59.4 Å². The Hall–Kier alpha value is -0.840. The number of aromatic nitrogens is 2. The molecule has 0 saturated heterocycles. The Morgan fingerprint density at radius 1 is 1.47 bits per heavy atom. The van der Waals surface area contributed by atoms with E-state index in [1.165, 1.54) is 36.8 Å². The van der Waals surface area contributed by atoms with Crippen LogP contribution < -0.4 is 10.9 Å². The molecule has 5 heteroatoms. The van der Waals surface area contributed by atoms with Gasteiger partial charge in [-0.1, -0.05) is 6.42 Å². The zero-order chi connectivity index (χ0) is 13.4. The van der Waals surface area contributed by atoms with Gasteiger partial charge in [-0.3, -0.25) is 4.79 Å². The molecule has 2 aliphatic carbocycles. The van der Waals surface area contributed by atoms with Gasteiger partial charge in [0, 0.05) is 13.6 Å². The second kappa shape index (κ2) is 5.27. The Morgan fingerprint density at radius 3 is 3.00 bits per heavy atom. The highest BCUT2D eigenvalue weighted by molar-refractivity contribution is 9.10. The molecular formula is C14H20BrN3O. The smallest absolute Gasteiger partial charge is 0.282 e. The highest BCUT2D eigenvalue weighted by atomic mass is 79.9. The third-order valence-electron chi connectivity index (χ3n) is 4.79. The molecule has 104 valence electrons. The van der Waals surface area contributed by atoms with E-state index in [1.807, 2.05) is 0 Å². The fourth-order valence-electron chi connectivity index (χ4n) is 3.76. The van der Waals surface area contributed by atoms with Crippen LogP contribution in [0.4, 0.5) is 5.69 Å². The maximum atomic E-state index is 11.7. The Kier molecular flexibility index (Phi) is 3.65. The van der Waals surface area contributed by atoms with Crippen molar-refractivity contribution < 1.29 is 0 Å². The van der Waals surface area contributed by atoms with Crippen LogP contribution >= 0.6 is 15.9 Å². The van der Waals surface area contributed by atoms with E-state index in [2.05, 4.69) is 26.3 Å². The number of anilines is 1.